The third-order valence-corrected chi connectivity index (χ3v) is 2.49. The van der Waals surface area contributed by atoms with Crippen molar-refractivity contribution >= 4 is 5.97 Å². The van der Waals surface area contributed by atoms with Crippen LogP contribution < -0.4 is 0 Å². The van der Waals surface area contributed by atoms with Gasteiger partial charge in [-0.2, -0.15) is 5.11 Å². The second kappa shape index (κ2) is 4.63. The topological polar surface area (TPSA) is 60.2 Å². The van der Waals surface area contributed by atoms with Crippen molar-refractivity contribution < 1.29 is 14.3 Å². The molecule has 0 amide bonds. The summed E-state index contributed by atoms with van der Waals surface area (Å²) in [5.41, 5.74) is -0.0471. The van der Waals surface area contributed by atoms with Crippen LogP contribution in [0.15, 0.2) is 40.6 Å². The lowest BCUT2D eigenvalue weighted by Gasteiger charge is -2.20. The van der Waals surface area contributed by atoms with E-state index in [1.54, 1.807) is 13.8 Å². The quantitative estimate of drug-likeness (QED) is 0.753. The molecule has 0 bridgehead atoms. The number of esters is 1. The van der Waals surface area contributed by atoms with Gasteiger partial charge in [0.2, 0.25) is 5.72 Å². The summed E-state index contributed by atoms with van der Waals surface area (Å²) in [4.78, 5) is 11.5. The van der Waals surface area contributed by atoms with E-state index in [-0.39, 0.29) is 0 Å². The number of carbonyl (C=O) groups is 1. The van der Waals surface area contributed by atoms with Crippen molar-refractivity contribution in [1.29, 1.82) is 0 Å². The minimum atomic E-state index is -0.958. The maximum atomic E-state index is 11.5. The van der Waals surface area contributed by atoms with Crippen molar-refractivity contribution in [2.75, 3.05) is 6.61 Å². The third-order valence-electron chi connectivity index (χ3n) is 2.49. The first kappa shape index (κ1) is 11.7. The molecule has 1 aromatic carbocycles. The smallest absolute Gasteiger partial charge is 0.360 e. The van der Waals surface area contributed by atoms with Crippen LogP contribution in [0.25, 0.3) is 0 Å². The lowest BCUT2D eigenvalue weighted by atomic mass is 10.1. The van der Waals surface area contributed by atoms with Crippen LogP contribution in [0.1, 0.15) is 19.4 Å². The van der Waals surface area contributed by atoms with E-state index >= 15 is 0 Å². The second-order valence-electron chi connectivity index (χ2n) is 3.79. The molecule has 5 nitrogen and oxygen atoms in total. The summed E-state index contributed by atoms with van der Waals surface area (Å²) < 4.78 is 10.4. The number of hydrogen-bond acceptors (Lipinski definition) is 5. The Morgan fingerprint density at radius 2 is 2.18 bits per heavy atom. The molecule has 1 heterocycles. The van der Waals surface area contributed by atoms with Crippen molar-refractivity contribution in [2.45, 2.75) is 25.8 Å². The van der Waals surface area contributed by atoms with E-state index in [0.29, 0.717) is 6.61 Å². The maximum Gasteiger partial charge on any atom is 0.360 e. The van der Waals surface area contributed by atoms with Gasteiger partial charge < -0.3 is 9.47 Å². The molecule has 2 unspecified atom stereocenters. The second-order valence-corrected chi connectivity index (χ2v) is 3.79. The molecule has 0 saturated heterocycles. The number of nitrogens with zero attached hydrogens (tertiary/aromatic N) is 2. The van der Waals surface area contributed by atoms with E-state index in [9.17, 15) is 4.79 Å². The molecule has 90 valence electrons. The number of benzene rings is 1. The van der Waals surface area contributed by atoms with E-state index in [4.69, 9.17) is 9.47 Å². The molecule has 0 N–H and O–H groups in total. The van der Waals surface area contributed by atoms with Crippen LogP contribution >= 0.6 is 0 Å². The first-order valence-corrected chi connectivity index (χ1v) is 5.48. The molecular weight excluding hydrogens is 220 g/mol. The molecule has 1 aliphatic heterocycles. The number of carbonyl (C=O) groups excluding carboxylic acids is 1. The molecule has 5 heteroatoms. The zero-order valence-corrected chi connectivity index (χ0v) is 9.79. The first-order chi connectivity index (χ1) is 8.15. The molecule has 2 atom stereocenters. The molecule has 0 spiro atoms. The fourth-order valence-electron chi connectivity index (χ4n) is 1.61. The van der Waals surface area contributed by atoms with Gasteiger partial charge in [0.05, 0.1) is 6.61 Å². The Morgan fingerprint density at radius 1 is 1.47 bits per heavy atom. The highest BCUT2D eigenvalue weighted by Gasteiger charge is 2.40. The van der Waals surface area contributed by atoms with Gasteiger partial charge in [-0.25, -0.2) is 4.79 Å². The van der Waals surface area contributed by atoms with Crippen molar-refractivity contribution in [3.8, 4) is 0 Å². The van der Waals surface area contributed by atoms with Gasteiger partial charge in [0.25, 0.3) is 6.23 Å². The Balaban J connectivity index is 2.12. The van der Waals surface area contributed by atoms with Crippen LogP contribution in [-0.2, 0) is 20.0 Å². The molecule has 2 rings (SSSR count). The molecule has 0 fully saturated rings. The summed E-state index contributed by atoms with van der Waals surface area (Å²) in [6, 6.07) is 9.44. The monoisotopic (exact) mass is 234 g/mol. The summed E-state index contributed by atoms with van der Waals surface area (Å²) in [5.74, 6) is -0.504. The Bertz CT molecular complexity index is 433. The molecule has 1 aromatic rings. The van der Waals surface area contributed by atoms with Gasteiger partial charge in [-0.1, -0.05) is 30.3 Å². The van der Waals surface area contributed by atoms with Crippen LogP contribution in [0, 0.1) is 0 Å². The minimum absolute atomic E-state index is 0.302. The van der Waals surface area contributed by atoms with Crippen molar-refractivity contribution in [3.05, 3.63) is 35.9 Å². The largest absolute Gasteiger partial charge is 0.463 e. The van der Waals surface area contributed by atoms with Gasteiger partial charge >= 0.3 is 5.97 Å². The lowest BCUT2D eigenvalue weighted by molar-refractivity contribution is -0.161. The number of hydrogen-bond donors (Lipinski definition) is 0. The highest BCUT2D eigenvalue weighted by atomic mass is 16.6. The van der Waals surface area contributed by atoms with Gasteiger partial charge in [-0.05, 0) is 13.8 Å². The first-order valence-electron chi connectivity index (χ1n) is 5.48. The molecule has 1 aliphatic rings. The molecule has 0 saturated carbocycles. The van der Waals surface area contributed by atoms with E-state index in [1.807, 2.05) is 30.3 Å². The molecule has 0 aromatic heterocycles. The Kier molecular flexibility index (Phi) is 3.19. The average molecular weight is 234 g/mol. The Hall–Kier alpha value is -1.75. The third kappa shape index (κ3) is 2.34. The van der Waals surface area contributed by atoms with Crippen LogP contribution in [0.3, 0.4) is 0 Å². The van der Waals surface area contributed by atoms with Gasteiger partial charge in [0.15, 0.2) is 0 Å². The van der Waals surface area contributed by atoms with Gasteiger partial charge in [-0.15, -0.1) is 5.11 Å². The van der Waals surface area contributed by atoms with E-state index in [0.717, 1.165) is 5.56 Å². The van der Waals surface area contributed by atoms with Gasteiger partial charge in [0.1, 0.15) is 0 Å². The van der Waals surface area contributed by atoms with E-state index in [1.165, 1.54) is 0 Å². The Morgan fingerprint density at radius 3 is 2.82 bits per heavy atom. The number of ether oxygens (including phenoxy) is 2. The summed E-state index contributed by atoms with van der Waals surface area (Å²) >= 11 is 0. The highest BCUT2D eigenvalue weighted by molar-refractivity contribution is 5.74. The molecule has 0 aliphatic carbocycles. The van der Waals surface area contributed by atoms with Gasteiger partial charge in [0, 0.05) is 5.56 Å². The predicted molar refractivity (Wildman–Crippen MR) is 60.2 cm³/mol. The zero-order chi connectivity index (χ0) is 12.3. The van der Waals surface area contributed by atoms with Crippen LogP contribution in [0.2, 0.25) is 0 Å². The summed E-state index contributed by atoms with van der Waals surface area (Å²) in [6.07, 6.45) is -0.958. The van der Waals surface area contributed by atoms with Crippen molar-refractivity contribution in [1.82, 2.24) is 0 Å². The summed E-state index contributed by atoms with van der Waals surface area (Å²) in [6.45, 7) is 3.81. The minimum Gasteiger partial charge on any atom is -0.463 e. The normalized spacial score (nSPS) is 27.1. The zero-order valence-electron chi connectivity index (χ0n) is 9.79. The van der Waals surface area contributed by atoms with Crippen molar-refractivity contribution in [2.24, 2.45) is 10.2 Å². The molecule has 17 heavy (non-hydrogen) atoms. The standard InChI is InChI=1S/C12H14N2O3/c1-3-16-11(15)10-13-14-12(2,17-10)9-7-5-4-6-8-9/h4-8,10H,3H2,1-2H3. The Labute approximate surface area is 99.5 Å². The fourth-order valence-corrected chi connectivity index (χ4v) is 1.61. The molecule has 0 radical (unpaired) electrons. The number of rotatable bonds is 3. The average Bonchev–Trinajstić information content (AvgIpc) is 2.75. The lowest BCUT2D eigenvalue weighted by Crippen LogP contribution is -2.28. The summed E-state index contributed by atoms with van der Waals surface area (Å²) in [7, 11) is 0. The van der Waals surface area contributed by atoms with Crippen LogP contribution in [0.5, 0.6) is 0 Å². The maximum absolute atomic E-state index is 11.5. The van der Waals surface area contributed by atoms with Gasteiger partial charge in [-0.3, -0.25) is 0 Å². The van der Waals surface area contributed by atoms with E-state index < -0.39 is 17.9 Å². The van der Waals surface area contributed by atoms with Crippen molar-refractivity contribution in [3.63, 3.8) is 0 Å². The highest BCUT2D eigenvalue weighted by Crippen LogP contribution is 2.34. The van der Waals surface area contributed by atoms with E-state index in [2.05, 4.69) is 10.2 Å². The number of azo groups is 1. The van der Waals surface area contributed by atoms with Crippen LogP contribution in [0.4, 0.5) is 0 Å². The van der Waals surface area contributed by atoms with Crippen LogP contribution in [-0.4, -0.2) is 18.8 Å². The summed E-state index contributed by atoms with van der Waals surface area (Å²) in [5, 5.41) is 7.84. The predicted octanol–water partition coefficient (Wildman–Crippen LogP) is 2.23. The SMILES string of the molecule is CCOC(=O)C1N=NC(C)(c2ccccc2)O1. The fraction of sp³-hybridized carbons (Fsp3) is 0.417. The molecular formula is C12H14N2O3.